The van der Waals surface area contributed by atoms with Crippen LogP contribution in [0.1, 0.15) is 26.3 Å². The van der Waals surface area contributed by atoms with Gasteiger partial charge in [0.05, 0.1) is 25.9 Å². The number of aliphatic hydroxyl groups excluding tert-OH is 1. The van der Waals surface area contributed by atoms with Gasteiger partial charge in [-0.25, -0.2) is 0 Å². The summed E-state index contributed by atoms with van der Waals surface area (Å²) in [6.45, 7) is 10.6. The van der Waals surface area contributed by atoms with E-state index in [0.717, 1.165) is 36.9 Å². The number of ether oxygens (including phenoxy) is 1. The first-order chi connectivity index (χ1) is 12.6. The minimum absolute atomic E-state index is 0.294. The molecule has 26 heavy (non-hydrogen) atoms. The Balaban J connectivity index is 1.81. The molecule has 2 unspecified atom stereocenters. The minimum atomic E-state index is -0.590. The molecule has 0 bridgehead atoms. The highest BCUT2D eigenvalue weighted by Gasteiger charge is 2.24. The molecule has 1 heterocycles. The summed E-state index contributed by atoms with van der Waals surface area (Å²) in [5.41, 5.74) is 1.11. The standard InChI is InChI=1S/C20H33N3O2S/c1-4-21-20(23-10-11-26-19(13-23)16(2)3)22-12-18(24)15-25-14-17-8-6-5-7-9-17/h5-9,16,18-19,24H,4,10-15H2,1-3H3,(H,21,22). The molecule has 0 radical (unpaired) electrons. The molecule has 5 nitrogen and oxygen atoms in total. The van der Waals surface area contributed by atoms with Crippen LogP contribution in [-0.4, -0.2) is 65.9 Å². The van der Waals surface area contributed by atoms with E-state index in [4.69, 9.17) is 4.74 Å². The number of hydrogen-bond acceptors (Lipinski definition) is 4. The highest BCUT2D eigenvalue weighted by molar-refractivity contribution is 8.00. The van der Waals surface area contributed by atoms with Crippen molar-refractivity contribution in [3.05, 3.63) is 35.9 Å². The third-order valence-electron chi connectivity index (χ3n) is 4.35. The molecule has 1 fully saturated rings. The number of aliphatic imine (C=N–C) groups is 1. The van der Waals surface area contributed by atoms with Crippen LogP contribution in [0.15, 0.2) is 35.3 Å². The van der Waals surface area contributed by atoms with Crippen molar-refractivity contribution in [2.24, 2.45) is 10.9 Å². The summed E-state index contributed by atoms with van der Waals surface area (Å²) >= 11 is 2.05. The van der Waals surface area contributed by atoms with Crippen molar-refractivity contribution in [2.45, 2.75) is 38.7 Å². The van der Waals surface area contributed by atoms with E-state index in [1.165, 1.54) is 0 Å². The van der Waals surface area contributed by atoms with Crippen LogP contribution >= 0.6 is 11.8 Å². The Kier molecular flexibility index (Phi) is 9.29. The average molecular weight is 380 g/mol. The largest absolute Gasteiger partial charge is 0.389 e. The maximum Gasteiger partial charge on any atom is 0.194 e. The van der Waals surface area contributed by atoms with Gasteiger partial charge in [-0.15, -0.1) is 0 Å². The summed E-state index contributed by atoms with van der Waals surface area (Å²) in [6, 6.07) is 10.0. The van der Waals surface area contributed by atoms with Gasteiger partial charge >= 0.3 is 0 Å². The third-order valence-corrected chi connectivity index (χ3v) is 5.88. The number of hydrogen-bond donors (Lipinski definition) is 2. The minimum Gasteiger partial charge on any atom is -0.389 e. The molecule has 6 heteroatoms. The number of rotatable bonds is 8. The summed E-state index contributed by atoms with van der Waals surface area (Å²) < 4.78 is 5.61. The quantitative estimate of drug-likeness (QED) is 0.537. The van der Waals surface area contributed by atoms with Gasteiger partial charge in [0.15, 0.2) is 5.96 Å². The average Bonchev–Trinajstić information content (AvgIpc) is 2.66. The van der Waals surface area contributed by atoms with Crippen LogP contribution in [0.3, 0.4) is 0 Å². The molecular weight excluding hydrogens is 346 g/mol. The zero-order valence-electron chi connectivity index (χ0n) is 16.2. The Morgan fingerprint density at radius 2 is 2.15 bits per heavy atom. The van der Waals surface area contributed by atoms with Crippen molar-refractivity contribution < 1.29 is 9.84 Å². The van der Waals surface area contributed by atoms with Crippen molar-refractivity contribution >= 4 is 17.7 Å². The van der Waals surface area contributed by atoms with E-state index in [1.54, 1.807) is 0 Å². The van der Waals surface area contributed by atoms with Gasteiger partial charge in [-0.05, 0) is 18.4 Å². The maximum atomic E-state index is 10.2. The fourth-order valence-corrected chi connectivity index (χ4v) is 4.13. The molecular formula is C20H33N3O2S. The molecule has 0 spiro atoms. The predicted octanol–water partition coefficient (Wildman–Crippen LogP) is 2.60. The number of thioether (sulfide) groups is 1. The van der Waals surface area contributed by atoms with E-state index in [9.17, 15) is 5.11 Å². The number of nitrogens with zero attached hydrogens (tertiary/aromatic N) is 2. The maximum absolute atomic E-state index is 10.2. The summed E-state index contributed by atoms with van der Waals surface area (Å²) in [4.78, 5) is 6.97. The van der Waals surface area contributed by atoms with Crippen LogP contribution in [0.5, 0.6) is 0 Å². The molecule has 146 valence electrons. The lowest BCUT2D eigenvalue weighted by molar-refractivity contribution is 0.0330. The fraction of sp³-hybridized carbons (Fsp3) is 0.650. The highest BCUT2D eigenvalue weighted by atomic mass is 32.2. The Hall–Kier alpha value is -1.24. The zero-order chi connectivity index (χ0) is 18.8. The smallest absolute Gasteiger partial charge is 0.194 e. The fourth-order valence-electron chi connectivity index (χ4n) is 2.83. The Morgan fingerprint density at radius 3 is 2.85 bits per heavy atom. The number of guanidine groups is 1. The molecule has 0 aliphatic carbocycles. The van der Waals surface area contributed by atoms with E-state index in [2.05, 4.69) is 47.7 Å². The second-order valence-electron chi connectivity index (χ2n) is 6.95. The number of nitrogens with one attached hydrogen (secondary N) is 1. The van der Waals surface area contributed by atoms with Crippen LogP contribution in [0, 0.1) is 5.92 Å². The summed E-state index contributed by atoms with van der Waals surface area (Å²) in [5, 5.41) is 14.2. The molecule has 1 aromatic carbocycles. The topological polar surface area (TPSA) is 57.1 Å². The van der Waals surface area contributed by atoms with Crippen LogP contribution in [0.4, 0.5) is 0 Å². The summed E-state index contributed by atoms with van der Waals surface area (Å²) in [6.07, 6.45) is -0.590. The van der Waals surface area contributed by atoms with Crippen molar-refractivity contribution in [1.29, 1.82) is 0 Å². The van der Waals surface area contributed by atoms with Gasteiger partial charge < -0.3 is 20.1 Å². The van der Waals surface area contributed by atoms with E-state index < -0.39 is 6.10 Å². The van der Waals surface area contributed by atoms with Gasteiger partial charge in [0.2, 0.25) is 0 Å². The first-order valence-corrected chi connectivity index (χ1v) is 10.6. The second-order valence-corrected chi connectivity index (χ2v) is 8.30. The van der Waals surface area contributed by atoms with E-state index in [0.29, 0.717) is 30.9 Å². The normalized spacial score (nSPS) is 19.7. The molecule has 2 rings (SSSR count). The molecule has 0 saturated carbocycles. The van der Waals surface area contributed by atoms with Gasteiger partial charge in [-0.3, -0.25) is 4.99 Å². The van der Waals surface area contributed by atoms with Crippen LogP contribution in [0.2, 0.25) is 0 Å². The van der Waals surface area contributed by atoms with E-state index in [-0.39, 0.29) is 0 Å². The zero-order valence-corrected chi connectivity index (χ0v) is 17.0. The van der Waals surface area contributed by atoms with Gasteiger partial charge in [0.1, 0.15) is 0 Å². The molecule has 1 aliphatic heterocycles. The first kappa shape index (κ1) is 21.1. The SMILES string of the molecule is CCNC(=NCC(O)COCc1ccccc1)N1CCSC(C(C)C)C1. The summed E-state index contributed by atoms with van der Waals surface area (Å²) in [7, 11) is 0. The lowest BCUT2D eigenvalue weighted by Gasteiger charge is -2.36. The van der Waals surface area contributed by atoms with Crippen LogP contribution in [-0.2, 0) is 11.3 Å². The van der Waals surface area contributed by atoms with E-state index in [1.807, 2.05) is 30.3 Å². The van der Waals surface area contributed by atoms with Crippen molar-refractivity contribution in [1.82, 2.24) is 10.2 Å². The molecule has 0 aromatic heterocycles. The van der Waals surface area contributed by atoms with Crippen LogP contribution in [0.25, 0.3) is 0 Å². The van der Waals surface area contributed by atoms with Gasteiger partial charge in [-0.1, -0.05) is 44.2 Å². The first-order valence-electron chi connectivity index (χ1n) is 9.54. The predicted molar refractivity (Wildman–Crippen MR) is 111 cm³/mol. The highest BCUT2D eigenvalue weighted by Crippen LogP contribution is 2.24. The second kappa shape index (κ2) is 11.5. The molecule has 2 atom stereocenters. The van der Waals surface area contributed by atoms with E-state index >= 15 is 0 Å². The third kappa shape index (κ3) is 7.17. The van der Waals surface area contributed by atoms with Gasteiger partial charge in [0, 0.05) is 30.6 Å². The summed E-state index contributed by atoms with van der Waals surface area (Å²) in [5.74, 6) is 2.68. The number of benzene rings is 1. The molecule has 1 aliphatic rings. The monoisotopic (exact) mass is 379 g/mol. The van der Waals surface area contributed by atoms with Crippen molar-refractivity contribution in [3.8, 4) is 0 Å². The van der Waals surface area contributed by atoms with Crippen molar-refractivity contribution in [3.63, 3.8) is 0 Å². The molecule has 2 N–H and O–H groups in total. The molecule has 1 saturated heterocycles. The van der Waals surface area contributed by atoms with Crippen molar-refractivity contribution in [2.75, 3.05) is 38.5 Å². The Bertz CT molecular complexity index is 539. The Morgan fingerprint density at radius 1 is 1.38 bits per heavy atom. The lowest BCUT2D eigenvalue weighted by Crippen LogP contribution is -2.49. The molecule has 1 aromatic rings. The number of aliphatic hydroxyl groups is 1. The van der Waals surface area contributed by atoms with Gasteiger partial charge in [-0.2, -0.15) is 11.8 Å². The molecule has 0 amide bonds. The Labute approximate surface area is 162 Å². The van der Waals surface area contributed by atoms with Crippen LogP contribution < -0.4 is 5.32 Å². The lowest BCUT2D eigenvalue weighted by atomic mass is 10.1. The van der Waals surface area contributed by atoms with Gasteiger partial charge in [0.25, 0.3) is 0 Å².